The summed E-state index contributed by atoms with van der Waals surface area (Å²) in [6.07, 6.45) is 5.56. The van der Waals surface area contributed by atoms with Crippen LogP contribution in [0.5, 0.6) is 0 Å². The molecule has 92 valence electrons. The molecule has 0 spiro atoms. The van der Waals surface area contributed by atoms with Crippen molar-refractivity contribution in [2.75, 3.05) is 6.54 Å². The molecular weight excluding hydrogens is 213 g/mol. The van der Waals surface area contributed by atoms with Crippen molar-refractivity contribution in [1.82, 2.24) is 5.32 Å². The van der Waals surface area contributed by atoms with Crippen molar-refractivity contribution in [3.8, 4) is 0 Å². The predicted octanol–water partition coefficient (Wildman–Crippen LogP) is 3.67. The fraction of sp³-hybridized carbons (Fsp3) is 0.600. The minimum atomic E-state index is -0.0937. The van der Waals surface area contributed by atoms with Crippen LogP contribution in [0.1, 0.15) is 44.2 Å². The maximum absolute atomic E-state index is 13.6. The van der Waals surface area contributed by atoms with Crippen LogP contribution in [0.25, 0.3) is 0 Å². The number of halogens is 1. The van der Waals surface area contributed by atoms with Gasteiger partial charge in [0.2, 0.25) is 0 Å². The molecule has 0 radical (unpaired) electrons. The van der Waals surface area contributed by atoms with Gasteiger partial charge in [0.05, 0.1) is 0 Å². The third-order valence-electron chi connectivity index (χ3n) is 4.47. The maximum atomic E-state index is 13.6. The molecule has 0 saturated heterocycles. The molecule has 1 aromatic carbocycles. The molecule has 2 fully saturated rings. The monoisotopic (exact) mass is 233 g/mol. The first kappa shape index (κ1) is 11.2. The minimum Gasteiger partial charge on any atom is -0.310 e. The normalized spacial score (nSPS) is 23.4. The second kappa shape index (κ2) is 4.09. The van der Waals surface area contributed by atoms with E-state index in [1.54, 1.807) is 12.1 Å². The highest BCUT2D eigenvalue weighted by Crippen LogP contribution is 2.60. The molecule has 2 saturated carbocycles. The van der Waals surface area contributed by atoms with Crippen LogP contribution in [0.4, 0.5) is 4.39 Å². The van der Waals surface area contributed by atoms with E-state index in [4.69, 9.17) is 0 Å². The average Bonchev–Trinajstić information content (AvgIpc) is 3.17. The van der Waals surface area contributed by atoms with Crippen molar-refractivity contribution < 1.29 is 4.39 Å². The number of hydrogen-bond donors (Lipinski definition) is 1. The zero-order valence-corrected chi connectivity index (χ0v) is 10.4. The van der Waals surface area contributed by atoms with Crippen LogP contribution in [0.3, 0.4) is 0 Å². The summed E-state index contributed by atoms with van der Waals surface area (Å²) in [7, 11) is 0. The largest absolute Gasteiger partial charge is 0.310 e. The van der Waals surface area contributed by atoms with Crippen LogP contribution < -0.4 is 5.32 Å². The molecule has 1 atom stereocenters. The molecule has 0 heterocycles. The standard InChI is InChI=1S/C15H20FN/c1-11(13-4-2-3-5-14(13)16)17-10-15(8-9-15)12-6-7-12/h2-5,11-12,17H,6-10H2,1H3. The van der Waals surface area contributed by atoms with Gasteiger partial charge in [-0.1, -0.05) is 18.2 Å². The van der Waals surface area contributed by atoms with Gasteiger partial charge in [0, 0.05) is 18.2 Å². The van der Waals surface area contributed by atoms with Gasteiger partial charge in [-0.3, -0.25) is 0 Å². The molecule has 2 aliphatic rings. The maximum Gasteiger partial charge on any atom is 0.127 e. The van der Waals surface area contributed by atoms with E-state index in [9.17, 15) is 4.39 Å². The summed E-state index contributed by atoms with van der Waals surface area (Å²) < 4.78 is 13.6. The molecule has 1 nitrogen and oxygen atoms in total. The zero-order valence-electron chi connectivity index (χ0n) is 10.4. The Labute approximate surface area is 102 Å². The first-order valence-corrected chi connectivity index (χ1v) is 6.69. The van der Waals surface area contributed by atoms with Gasteiger partial charge in [-0.25, -0.2) is 4.39 Å². The predicted molar refractivity (Wildman–Crippen MR) is 67.2 cm³/mol. The SMILES string of the molecule is CC(NCC1(C2CC2)CC1)c1ccccc1F. The fourth-order valence-corrected chi connectivity index (χ4v) is 2.88. The number of nitrogens with one attached hydrogen (secondary N) is 1. The van der Waals surface area contributed by atoms with Crippen LogP contribution in [0.2, 0.25) is 0 Å². The van der Waals surface area contributed by atoms with E-state index in [-0.39, 0.29) is 11.9 Å². The summed E-state index contributed by atoms with van der Waals surface area (Å²) in [4.78, 5) is 0. The van der Waals surface area contributed by atoms with Gasteiger partial charge in [-0.15, -0.1) is 0 Å². The minimum absolute atomic E-state index is 0.0937. The first-order valence-electron chi connectivity index (χ1n) is 6.69. The summed E-state index contributed by atoms with van der Waals surface area (Å²) in [6.45, 7) is 3.12. The van der Waals surface area contributed by atoms with Crippen LogP contribution in [-0.4, -0.2) is 6.54 Å². The number of rotatable bonds is 5. The van der Waals surface area contributed by atoms with Crippen LogP contribution in [0.15, 0.2) is 24.3 Å². The van der Waals surface area contributed by atoms with Gasteiger partial charge in [-0.2, -0.15) is 0 Å². The summed E-state index contributed by atoms with van der Waals surface area (Å²) in [5.74, 6) is 0.867. The molecule has 0 bridgehead atoms. The van der Waals surface area contributed by atoms with Crippen molar-refractivity contribution in [2.45, 2.75) is 38.6 Å². The third-order valence-corrected chi connectivity index (χ3v) is 4.47. The van der Waals surface area contributed by atoms with Crippen molar-refractivity contribution in [2.24, 2.45) is 11.3 Å². The van der Waals surface area contributed by atoms with E-state index in [1.165, 1.54) is 25.7 Å². The van der Waals surface area contributed by atoms with Gasteiger partial charge in [0.15, 0.2) is 0 Å². The third kappa shape index (κ3) is 2.23. The molecule has 3 rings (SSSR count). The second-order valence-electron chi connectivity index (χ2n) is 5.76. The van der Waals surface area contributed by atoms with Crippen LogP contribution in [0, 0.1) is 17.2 Å². The average molecular weight is 233 g/mol. The Kier molecular flexibility index (Phi) is 2.70. The zero-order chi connectivity index (χ0) is 11.9. The lowest BCUT2D eigenvalue weighted by molar-refractivity contribution is 0.378. The van der Waals surface area contributed by atoms with Crippen molar-refractivity contribution >= 4 is 0 Å². The Hall–Kier alpha value is -0.890. The molecule has 1 N–H and O–H groups in total. The van der Waals surface area contributed by atoms with E-state index in [0.29, 0.717) is 5.41 Å². The molecular formula is C15H20FN. The highest BCUT2D eigenvalue weighted by atomic mass is 19.1. The lowest BCUT2D eigenvalue weighted by Gasteiger charge is -2.20. The molecule has 1 unspecified atom stereocenters. The lowest BCUT2D eigenvalue weighted by Crippen LogP contribution is -2.28. The Morgan fingerprint density at radius 3 is 2.65 bits per heavy atom. The number of hydrogen-bond acceptors (Lipinski definition) is 1. The Morgan fingerprint density at radius 2 is 2.06 bits per heavy atom. The van der Waals surface area contributed by atoms with E-state index < -0.39 is 0 Å². The quantitative estimate of drug-likeness (QED) is 0.818. The molecule has 2 aliphatic carbocycles. The molecule has 0 amide bonds. The van der Waals surface area contributed by atoms with Crippen molar-refractivity contribution in [3.63, 3.8) is 0 Å². The summed E-state index contributed by atoms with van der Waals surface area (Å²) in [5, 5.41) is 3.52. The van der Waals surface area contributed by atoms with E-state index in [1.807, 2.05) is 12.1 Å². The highest BCUT2D eigenvalue weighted by Gasteiger charge is 2.53. The van der Waals surface area contributed by atoms with Gasteiger partial charge >= 0.3 is 0 Å². The lowest BCUT2D eigenvalue weighted by atomic mass is 9.99. The molecule has 2 heteroatoms. The molecule has 1 aromatic rings. The molecule has 0 aliphatic heterocycles. The summed E-state index contributed by atoms with van der Waals surface area (Å²) in [6, 6.07) is 7.19. The smallest absolute Gasteiger partial charge is 0.127 e. The van der Waals surface area contributed by atoms with Crippen LogP contribution in [-0.2, 0) is 0 Å². The van der Waals surface area contributed by atoms with Gasteiger partial charge < -0.3 is 5.32 Å². The topological polar surface area (TPSA) is 12.0 Å². The molecule has 17 heavy (non-hydrogen) atoms. The summed E-state index contributed by atoms with van der Waals surface area (Å²) in [5.41, 5.74) is 1.37. The van der Waals surface area contributed by atoms with E-state index in [2.05, 4.69) is 12.2 Å². The summed E-state index contributed by atoms with van der Waals surface area (Å²) >= 11 is 0. The van der Waals surface area contributed by atoms with E-state index in [0.717, 1.165) is 18.0 Å². The Morgan fingerprint density at radius 1 is 1.35 bits per heavy atom. The highest BCUT2D eigenvalue weighted by molar-refractivity contribution is 5.20. The molecule has 0 aromatic heterocycles. The van der Waals surface area contributed by atoms with Crippen LogP contribution >= 0.6 is 0 Å². The van der Waals surface area contributed by atoms with Gasteiger partial charge in [0.25, 0.3) is 0 Å². The number of benzene rings is 1. The van der Waals surface area contributed by atoms with Crippen molar-refractivity contribution in [3.05, 3.63) is 35.6 Å². The second-order valence-corrected chi connectivity index (χ2v) is 5.76. The van der Waals surface area contributed by atoms with Gasteiger partial charge in [-0.05, 0) is 50.0 Å². The fourth-order valence-electron chi connectivity index (χ4n) is 2.88. The van der Waals surface area contributed by atoms with Crippen molar-refractivity contribution in [1.29, 1.82) is 0 Å². The van der Waals surface area contributed by atoms with E-state index >= 15 is 0 Å². The Balaban J connectivity index is 1.60. The van der Waals surface area contributed by atoms with Gasteiger partial charge in [0.1, 0.15) is 5.82 Å². The Bertz CT molecular complexity index is 407. The first-order chi connectivity index (χ1) is 8.21.